The van der Waals surface area contributed by atoms with E-state index < -0.39 is 12.0 Å². The zero-order chi connectivity index (χ0) is 24.4. The highest BCUT2D eigenvalue weighted by molar-refractivity contribution is 6.22. The summed E-state index contributed by atoms with van der Waals surface area (Å²) < 4.78 is 17.0. The Bertz CT molecular complexity index is 1180. The number of ether oxygens (including phenoxy) is 3. The number of primary amides is 1. The van der Waals surface area contributed by atoms with E-state index in [0.717, 1.165) is 24.5 Å². The molecule has 11 nitrogen and oxygen atoms in total. The minimum absolute atomic E-state index is 0.0994. The molecule has 1 amide bonds. The molecule has 0 bridgehead atoms. The third-order valence-corrected chi connectivity index (χ3v) is 6.14. The molecule has 1 atom stereocenters. The smallest absolute Gasteiger partial charge is 0.251 e. The van der Waals surface area contributed by atoms with Crippen molar-refractivity contribution in [3.63, 3.8) is 0 Å². The number of carbonyl (C=O) groups is 1. The van der Waals surface area contributed by atoms with Crippen molar-refractivity contribution in [2.45, 2.75) is 6.10 Å². The van der Waals surface area contributed by atoms with E-state index in [0.29, 0.717) is 61.6 Å². The lowest BCUT2D eigenvalue weighted by Crippen LogP contribution is -2.42. The van der Waals surface area contributed by atoms with Crippen LogP contribution in [0.15, 0.2) is 40.4 Å². The predicted octanol–water partition coefficient (Wildman–Crippen LogP) is 0.415. The number of morpholine rings is 1. The molecule has 0 aliphatic carbocycles. The quantitative estimate of drug-likeness (QED) is 0.555. The van der Waals surface area contributed by atoms with Gasteiger partial charge < -0.3 is 30.0 Å². The van der Waals surface area contributed by atoms with Gasteiger partial charge in [-0.05, 0) is 24.3 Å². The fourth-order valence-corrected chi connectivity index (χ4v) is 4.49. The van der Waals surface area contributed by atoms with Crippen molar-refractivity contribution in [2.75, 3.05) is 59.7 Å². The highest BCUT2D eigenvalue weighted by atomic mass is 16.5. The molecule has 184 valence electrons. The normalized spacial score (nSPS) is 18.3. The maximum Gasteiger partial charge on any atom is 0.251 e. The third kappa shape index (κ3) is 4.57. The summed E-state index contributed by atoms with van der Waals surface area (Å²) in [5.41, 5.74) is 7.59. The van der Waals surface area contributed by atoms with Gasteiger partial charge in [-0.3, -0.25) is 19.7 Å². The summed E-state index contributed by atoms with van der Waals surface area (Å²) in [5.74, 6) is 1.50. The van der Waals surface area contributed by atoms with Crippen molar-refractivity contribution in [3.8, 4) is 11.5 Å². The van der Waals surface area contributed by atoms with Gasteiger partial charge in [0.2, 0.25) is 0 Å². The Hall–Kier alpha value is -3.54. The molecule has 1 saturated heterocycles. The minimum atomic E-state index is -0.672. The molecule has 2 aromatic rings. The van der Waals surface area contributed by atoms with Gasteiger partial charge in [-0.2, -0.15) is 0 Å². The number of amidine groups is 2. The zero-order valence-electron chi connectivity index (χ0n) is 19.5. The first kappa shape index (κ1) is 23.2. The summed E-state index contributed by atoms with van der Waals surface area (Å²) in [4.78, 5) is 30.1. The molecule has 3 N–H and O–H groups in total. The second kappa shape index (κ2) is 9.98. The van der Waals surface area contributed by atoms with Gasteiger partial charge in [0.25, 0.3) is 5.91 Å². The number of aliphatic imine (C=N–C) groups is 2. The van der Waals surface area contributed by atoms with Gasteiger partial charge in [0.05, 0.1) is 32.4 Å². The van der Waals surface area contributed by atoms with Gasteiger partial charge in [-0.25, -0.2) is 4.99 Å². The first-order chi connectivity index (χ1) is 17.1. The Balaban J connectivity index is 1.46. The second-order valence-corrected chi connectivity index (χ2v) is 8.43. The van der Waals surface area contributed by atoms with Crippen LogP contribution in [-0.4, -0.2) is 103 Å². The number of aliphatic hydroxyl groups is 1. The number of benzene rings is 1. The van der Waals surface area contributed by atoms with Gasteiger partial charge in [0.1, 0.15) is 29.9 Å². The van der Waals surface area contributed by atoms with Crippen molar-refractivity contribution in [1.29, 1.82) is 0 Å². The van der Waals surface area contributed by atoms with Crippen molar-refractivity contribution in [3.05, 3.63) is 47.3 Å². The van der Waals surface area contributed by atoms with E-state index in [4.69, 9.17) is 24.9 Å². The summed E-state index contributed by atoms with van der Waals surface area (Å²) in [5, 5.41) is 10.5. The fourth-order valence-electron chi connectivity index (χ4n) is 4.49. The molecule has 4 heterocycles. The van der Waals surface area contributed by atoms with Gasteiger partial charge in [-0.15, -0.1) is 0 Å². The van der Waals surface area contributed by atoms with Crippen LogP contribution >= 0.6 is 0 Å². The summed E-state index contributed by atoms with van der Waals surface area (Å²) in [6, 6.07) is 6.97. The van der Waals surface area contributed by atoms with Gasteiger partial charge in [0, 0.05) is 37.9 Å². The summed E-state index contributed by atoms with van der Waals surface area (Å²) in [6.07, 6.45) is 0.925. The van der Waals surface area contributed by atoms with Gasteiger partial charge in [-0.1, -0.05) is 0 Å². The van der Waals surface area contributed by atoms with Crippen LogP contribution in [0.4, 0.5) is 5.69 Å². The highest BCUT2D eigenvalue weighted by Gasteiger charge is 2.35. The first-order valence-electron chi connectivity index (χ1n) is 11.5. The fraction of sp³-hybridized carbons (Fsp3) is 0.417. The van der Waals surface area contributed by atoms with Crippen LogP contribution in [0.1, 0.15) is 21.6 Å². The Kier molecular flexibility index (Phi) is 6.62. The lowest BCUT2D eigenvalue weighted by atomic mass is 10.1. The van der Waals surface area contributed by atoms with Crippen LogP contribution in [0.5, 0.6) is 11.5 Å². The maximum absolute atomic E-state index is 12.1. The number of rotatable bonds is 8. The SMILES string of the molecule is COc1c(OC[C@@H](O)CN2CCOCC2)ccc2c1N=C(c1ncccc1C(N)=O)N1CCN=C21. The number of aliphatic hydroxyl groups excluding tert-OH is 1. The molecular formula is C24H28N6O5. The molecule has 1 aromatic carbocycles. The number of hydrogen-bond donors (Lipinski definition) is 2. The number of pyridine rings is 1. The van der Waals surface area contributed by atoms with Crippen LogP contribution in [0, 0.1) is 0 Å². The van der Waals surface area contributed by atoms with Crippen LogP contribution in [0.25, 0.3) is 0 Å². The molecule has 0 unspecified atom stereocenters. The number of aromatic nitrogens is 1. The van der Waals surface area contributed by atoms with Crippen molar-refractivity contribution >= 4 is 23.3 Å². The van der Waals surface area contributed by atoms with Crippen LogP contribution in [-0.2, 0) is 4.74 Å². The summed E-state index contributed by atoms with van der Waals surface area (Å²) in [7, 11) is 1.54. The lowest BCUT2D eigenvalue weighted by molar-refractivity contribution is 0.00446. The largest absolute Gasteiger partial charge is 0.491 e. The zero-order valence-corrected chi connectivity index (χ0v) is 19.5. The molecule has 35 heavy (non-hydrogen) atoms. The average molecular weight is 481 g/mol. The van der Waals surface area contributed by atoms with E-state index in [1.54, 1.807) is 31.5 Å². The Morgan fingerprint density at radius 3 is 2.83 bits per heavy atom. The van der Waals surface area contributed by atoms with E-state index in [1.165, 1.54) is 0 Å². The molecule has 1 aromatic heterocycles. The van der Waals surface area contributed by atoms with Crippen molar-refractivity contribution in [1.82, 2.24) is 14.8 Å². The number of nitrogens with two attached hydrogens (primary N) is 1. The third-order valence-electron chi connectivity index (χ3n) is 6.14. The molecular weight excluding hydrogens is 452 g/mol. The Labute approximate surface area is 202 Å². The first-order valence-corrected chi connectivity index (χ1v) is 11.5. The second-order valence-electron chi connectivity index (χ2n) is 8.43. The summed E-state index contributed by atoms with van der Waals surface area (Å²) in [6.45, 7) is 4.70. The van der Waals surface area contributed by atoms with E-state index in [9.17, 15) is 9.90 Å². The van der Waals surface area contributed by atoms with Crippen LogP contribution < -0.4 is 15.2 Å². The lowest BCUT2D eigenvalue weighted by Gasteiger charge is -2.29. The maximum atomic E-state index is 12.1. The number of fused-ring (bicyclic) bond motifs is 3. The molecule has 0 saturated carbocycles. The van der Waals surface area contributed by atoms with Crippen molar-refractivity contribution < 1.29 is 24.1 Å². The number of carbonyl (C=O) groups excluding carboxylic acids is 1. The number of amides is 1. The van der Waals surface area contributed by atoms with E-state index in [-0.39, 0.29) is 12.2 Å². The molecule has 0 spiro atoms. The van der Waals surface area contributed by atoms with Gasteiger partial charge in [0.15, 0.2) is 17.3 Å². The number of β-amino-alcohol motifs (C(OH)–C–C–N with tert-alkyl or cyclic N) is 1. The number of nitrogens with zero attached hydrogens (tertiary/aromatic N) is 5. The number of methoxy groups -OCH3 is 1. The molecule has 3 aliphatic rings. The van der Waals surface area contributed by atoms with E-state index in [1.807, 2.05) is 11.0 Å². The average Bonchev–Trinajstić information content (AvgIpc) is 3.37. The monoisotopic (exact) mass is 480 g/mol. The molecule has 11 heteroatoms. The molecule has 3 aliphatic heterocycles. The Morgan fingerprint density at radius 2 is 2.06 bits per heavy atom. The highest BCUT2D eigenvalue weighted by Crippen LogP contribution is 2.44. The summed E-state index contributed by atoms with van der Waals surface area (Å²) >= 11 is 0. The van der Waals surface area contributed by atoms with E-state index in [2.05, 4.69) is 14.9 Å². The van der Waals surface area contributed by atoms with Crippen LogP contribution in [0.2, 0.25) is 0 Å². The molecule has 1 fully saturated rings. The van der Waals surface area contributed by atoms with Crippen molar-refractivity contribution in [2.24, 2.45) is 15.7 Å². The topological polar surface area (TPSA) is 135 Å². The van der Waals surface area contributed by atoms with Crippen LogP contribution in [0.3, 0.4) is 0 Å². The number of hydrogen-bond acceptors (Lipinski definition) is 10. The molecule has 0 radical (unpaired) electrons. The molecule has 5 rings (SSSR count). The standard InChI is InChI=1S/C24H28N6O5/c1-33-21-18(35-14-15(31)13-29-9-11-34-12-10-29)5-4-17-19(21)28-24(30-8-7-27-23(17)30)20-16(22(25)32)3-2-6-26-20/h2-6,15,31H,7-14H2,1H3,(H2,25,32)/t15-/m0/s1. The predicted molar refractivity (Wildman–Crippen MR) is 129 cm³/mol. The minimum Gasteiger partial charge on any atom is -0.491 e. The van der Waals surface area contributed by atoms with E-state index >= 15 is 0 Å². The Morgan fingerprint density at radius 1 is 1.23 bits per heavy atom. The van der Waals surface area contributed by atoms with Gasteiger partial charge >= 0.3 is 0 Å².